The Kier molecular flexibility index (Phi) is 4.69. The first kappa shape index (κ1) is 12.1. The van der Waals surface area contributed by atoms with E-state index < -0.39 is 0 Å². The third-order valence-corrected chi connectivity index (χ3v) is 2.89. The molecule has 0 heterocycles. The van der Waals surface area contributed by atoms with Crippen LogP contribution in [0, 0.1) is 6.92 Å². The van der Waals surface area contributed by atoms with Crippen molar-refractivity contribution in [1.29, 1.82) is 0 Å². The molecule has 0 saturated carbocycles. The molecule has 0 unspecified atom stereocenters. The zero-order chi connectivity index (χ0) is 11.3. The van der Waals surface area contributed by atoms with E-state index in [1.807, 2.05) is 32.0 Å². The predicted octanol–water partition coefficient (Wildman–Crippen LogP) is 3.28. The van der Waals surface area contributed by atoms with Gasteiger partial charge in [0.2, 0.25) is 0 Å². The predicted molar refractivity (Wildman–Crippen MR) is 63.5 cm³/mol. The number of aryl methyl sites for hydroxylation is 1. The van der Waals surface area contributed by atoms with E-state index in [9.17, 15) is 4.79 Å². The van der Waals surface area contributed by atoms with E-state index >= 15 is 0 Å². The van der Waals surface area contributed by atoms with Crippen molar-refractivity contribution < 1.29 is 9.53 Å². The standard InChI is InChI=1S/C12H16O2S/c1-4-14-12(13)10-8-9(3)6-7-11(10)15-5-2/h6-8H,4-5H2,1-3H3. The SMILES string of the molecule is CCOC(=O)c1cc(C)ccc1SCC. The highest BCUT2D eigenvalue weighted by molar-refractivity contribution is 7.99. The van der Waals surface area contributed by atoms with Crippen LogP contribution in [-0.2, 0) is 4.74 Å². The van der Waals surface area contributed by atoms with E-state index in [0.717, 1.165) is 16.2 Å². The van der Waals surface area contributed by atoms with Crippen LogP contribution in [0.3, 0.4) is 0 Å². The van der Waals surface area contributed by atoms with Gasteiger partial charge >= 0.3 is 5.97 Å². The van der Waals surface area contributed by atoms with E-state index in [-0.39, 0.29) is 5.97 Å². The highest BCUT2D eigenvalue weighted by atomic mass is 32.2. The molecule has 0 radical (unpaired) electrons. The Balaban J connectivity index is 3.00. The second kappa shape index (κ2) is 5.81. The van der Waals surface area contributed by atoms with Crippen LogP contribution in [-0.4, -0.2) is 18.3 Å². The van der Waals surface area contributed by atoms with Crippen molar-refractivity contribution in [3.63, 3.8) is 0 Å². The lowest BCUT2D eigenvalue weighted by Gasteiger charge is -2.08. The van der Waals surface area contributed by atoms with Crippen LogP contribution >= 0.6 is 11.8 Å². The summed E-state index contributed by atoms with van der Waals surface area (Å²) in [5.41, 5.74) is 1.77. The normalized spacial score (nSPS) is 10.1. The summed E-state index contributed by atoms with van der Waals surface area (Å²) in [6.07, 6.45) is 0. The summed E-state index contributed by atoms with van der Waals surface area (Å²) in [6, 6.07) is 5.88. The number of esters is 1. The molecule has 0 aromatic heterocycles. The Hall–Kier alpha value is -0.960. The lowest BCUT2D eigenvalue weighted by molar-refractivity contribution is 0.0522. The van der Waals surface area contributed by atoms with Gasteiger partial charge in [0.15, 0.2) is 0 Å². The fourth-order valence-electron chi connectivity index (χ4n) is 1.29. The molecule has 15 heavy (non-hydrogen) atoms. The van der Waals surface area contributed by atoms with Crippen molar-refractivity contribution >= 4 is 17.7 Å². The fourth-order valence-corrected chi connectivity index (χ4v) is 2.07. The molecule has 1 aromatic carbocycles. The maximum Gasteiger partial charge on any atom is 0.339 e. The number of rotatable bonds is 4. The zero-order valence-corrected chi connectivity index (χ0v) is 10.2. The summed E-state index contributed by atoms with van der Waals surface area (Å²) < 4.78 is 5.02. The van der Waals surface area contributed by atoms with Gasteiger partial charge in [0, 0.05) is 4.90 Å². The average molecular weight is 224 g/mol. The quantitative estimate of drug-likeness (QED) is 0.580. The summed E-state index contributed by atoms with van der Waals surface area (Å²) in [5, 5.41) is 0. The Labute approximate surface area is 95.0 Å². The van der Waals surface area contributed by atoms with Gasteiger partial charge in [0.1, 0.15) is 0 Å². The molecule has 2 nitrogen and oxygen atoms in total. The van der Waals surface area contributed by atoms with Crippen LogP contribution in [0.1, 0.15) is 29.8 Å². The van der Waals surface area contributed by atoms with Gasteiger partial charge in [-0.15, -0.1) is 11.8 Å². The van der Waals surface area contributed by atoms with Gasteiger partial charge in [-0.1, -0.05) is 18.6 Å². The van der Waals surface area contributed by atoms with E-state index in [1.165, 1.54) is 0 Å². The molecule has 0 amide bonds. The van der Waals surface area contributed by atoms with Gasteiger partial charge in [-0.2, -0.15) is 0 Å². The van der Waals surface area contributed by atoms with Crippen molar-refractivity contribution in [3.8, 4) is 0 Å². The first-order chi connectivity index (χ1) is 7.19. The highest BCUT2D eigenvalue weighted by Crippen LogP contribution is 2.24. The van der Waals surface area contributed by atoms with Crippen molar-refractivity contribution in [2.75, 3.05) is 12.4 Å². The van der Waals surface area contributed by atoms with Crippen LogP contribution in [0.15, 0.2) is 23.1 Å². The molecular formula is C12H16O2S. The minimum Gasteiger partial charge on any atom is -0.462 e. The van der Waals surface area contributed by atoms with E-state index in [2.05, 4.69) is 6.92 Å². The lowest BCUT2D eigenvalue weighted by atomic mass is 10.1. The van der Waals surface area contributed by atoms with Gasteiger partial charge in [-0.05, 0) is 31.7 Å². The molecule has 3 heteroatoms. The molecule has 82 valence electrons. The molecule has 0 N–H and O–H groups in total. The molecule has 0 aliphatic rings. The monoisotopic (exact) mass is 224 g/mol. The van der Waals surface area contributed by atoms with Crippen LogP contribution in [0.2, 0.25) is 0 Å². The first-order valence-corrected chi connectivity index (χ1v) is 6.08. The molecule has 0 fully saturated rings. The van der Waals surface area contributed by atoms with Gasteiger partial charge in [0.05, 0.1) is 12.2 Å². The molecule has 1 aromatic rings. The number of hydrogen-bond acceptors (Lipinski definition) is 3. The average Bonchev–Trinajstić information content (AvgIpc) is 2.21. The smallest absolute Gasteiger partial charge is 0.339 e. The van der Waals surface area contributed by atoms with E-state index in [0.29, 0.717) is 12.2 Å². The molecular weight excluding hydrogens is 208 g/mol. The number of ether oxygens (including phenoxy) is 1. The van der Waals surface area contributed by atoms with Crippen molar-refractivity contribution in [2.24, 2.45) is 0 Å². The Morgan fingerprint density at radius 2 is 2.13 bits per heavy atom. The number of benzene rings is 1. The molecule has 0 aliphatic carbocycles. The largest absolute Gasteiger partial charge is 0.462 e. The Bertz CT molecular complexity index is 347. The summed E-state index contributed by atoms with van der Waals surface area (Å²) in [4.78, 5) is 12.7. The third-order valence-electron chi connectivity index (χ3n) is 1.93. The third kappa shape index (κ3) is 3.27. The minimum absolute atomic E-state index is 0.225. The van der Waals surface area contributed by atoms with Crippen LogP contribution in [0.25, 0.3) is 0 Å². The summed E-state index contributed by atoms with van der Waals surface area (Å²) in [6.45, 7) is 6.28. The zero-order valence-electron chi connectivity index (χ0n) is 9.37. The topological polar surface area (TPSA) is 26.3 Å². The van der Waals surface area contributed by atoms with Crippen LogP contribution in [0.5, 0.6) is 0 Å². The molecule has 0 atom stereocenters. The second-order valence-electron chi connectivity index (χ2n) is 3.15. The molecule has 0 bridgehead atoms. The summed E-state index contributed by atoms with van der Waals surface area (Å²) in [5.74, 6) is 0.729. The molecule has 0 spiro atoms. The van der Waals surface area contributed by atoms with Crippen molar-refractivity contribution in [3.05, 3.63) is 29.3 Å². The van der Waals surface area contributed by atoms with Crippen LogP contribution in [0.4, 0.5) is 0 Å². The Morgan fingerprint density at radius 3 is 2.73 bits per heavy atom. The van der Waals surface area contributed by atoms with Crippen LogP contribution < -0.4 is 0 Å². The summed E-state index contributed by atoms with van der Waals surface area (Å²) in [7, 11) is 0. The van der Waals surface area contributed by atoms with Gasteiger partial charge in [-0.25, -0.2) is 4.79 Å². The lowest BCUT2D eigenvalue weighted by Crippen LogP contribution is -2.06. The summed E-state index contributed by atoms with van der Waals surface area (Å²) >= 11 is 1.66. The number of thioether (sulfide) groups is 1. The second-order valence-corrected chi connectivity index (χ2v) is 4.46. The van der Waals surface area contributed by atoms with E-state index in [1.54, 1.807) is 11.8 Å². The fraction of sp³-hybridized carbons (Fsp3) is 0.417. The van der Waals surface area contributed by atoms with Gasteiger partial charge in [0.25, 0.3) is 0 Å². The maximum atomic E-state index is 11.7. The van der Waals surface area contributed by atoms with E-state index in [4.69, 9.17) is 4.74 Å². The number of carbonyl (C=O) groups excluding carboxylic acids is 1. The minimum atomic E-state index is -0.225. The van der Waals surface area contributed by atoms with Gasteiger partial charge < -0.3 is 4.74 Å². The molecule has 0 aliphatic heterocycles. The first-order valence-electron chi connectivity index (χ1n) is 5.09. The van der Waals surface area contributed by atoms with Crippen molar-refractivity contribution in [2.45, 2.75) is 25.7 Å². The maximum absolute atomic E-state index is 11.7. The number of hydrogen-bond donors (Lipinski definition) is 0. The highest BCUT2D eigenvalue weighted by Gasteiger charge is 2.12. The molecule has 1 rings (SSSR count). The van der Waals surface area contributed by atoms with Gasteiger partial charge in [-0.3, -0.25) is 0 Å². The Morgan fingerprint density at radius 1 is 1.40 bits per heavy atom. The van der Waals surface area contributed by atoms with Crippen molar-refractivity contribution in [1.82, 2.24) is 0 Å². The molecule has 0 saturated heterocycles. The number of carbonyl (C=O) groups is 1.